The first-order valence-electron chi connectivity index (χ1n) is 11.0. The molecule has 9 heteroatoms. The van der Waals surface area contributed by atoms with Crippen LogP contribution in [0.2, 0.25) is 0 Å². The van der Waals surface area contributed by atoms with Crippen molar-refractivity contribution in [2.45, 2.75) is 40.7 Å². The largest absolute Gasteiger partial charge is 0.493 e. The van der Waals surface area contributed by atoms with Gasteiger partial charge in [-0.3, -0.25) is 4.90 Å². The average molecular weight is 567 g/mol. The lowest BCUT2D eigenvalue weighted by Gasteiger charge is -2.26. The molecule has 2 rings (SSSR count). The van der Waals surface area contributed by atoms with Gasteiger partial charge in [0, 0.05) is 38.3 Å². The molecule has 1 aliphatic rings. The Morgan fingerprint density at radius 2 is 1.94 bits per heavy atom. The van der Waals surface area contributed by atoms with Crippen LogP contribution < -0.4 is 15.4 Å². The minimum Gasteiger partial charge on any atom is -0.493 e. The van der Waals surface area contributed by atoms with Crippen LogP contribution in [0.25, 0.3) is 0 Å². The molecule has 1 saturated heterocycles. The van der Waals surface area contributed by atoms with E-state index in [0.717, 1.165) is 43.3 Å². The van der Waals surface area contributed by atoms with Crippen molar-refractivity contribution in [1.82, 2.24) is 15.5 Å². The Kier molecular flexibility index (Phi) is 12.8. The van der Waals surface area contributed by atoms with E-state index in [0.29, 0.717) is 32.2 Å². The fourth-order valence-corrected chi connectivity index (χ4v) is 4.42. The van der Waals surface area contributed by atoms with E-state index in [1.807, 2.05) is 6.92 Å². The van der Waals surface area contributed by atoms with Crippen LogP contribution in [0.5, 0.6) is 5.75 Å². The molecule has 0 atom stereocenters. The highest BCUT2D eigenvalue weighted by Gasteiger charge is 2.20. The topological polar surface area (TPSA) is 83.0 Å². The lowest BCUT2D eigenvalue weighted by Crippen LogP contribution is -2.45. The number of guanidine groups is 1. The van der Waals surface area contributed by atoms with Gasteiger partial charge in [0.1, 0.15) is 5.75 Å². The molecule has 1 fully saturated rings. The molecule has 31 heavy (non-hydrogen) atoms. The second-order valence-corrected chi connectivity index (χ2v) is 10.6. The summed E-state index contributed by atoms with van der Waals surface area (Å²) in [6, 6.07) is 6.25. The molecule has 1 aromatic carbocycles. The molecule has 0 unspecified atom stereocenters. The number of hydrogen-bond acceptors (Lipinski definition) is 5. The number of aryl methyl sites for hydroxylation is 1. The van der Waals surface area contributed by atoms with Gasteiger partial charge in [-0.15, -0.1) is 24.0 Å². The second kappa shape index (κ2) is 14.2. The van der Waals surface area contributed by atoms with Crippen LogP contribution >= 0.6 is 24.0 Å². The van der Waals surface area contributed by atoms with Gasteiger partial charge in [-0.1, -0.05) is 26.0 Å². The van der Waals surface area contributed by atoms with Crippen LogP contribution in [0.1, 0.15) is 38.3 Å². The van der Waals surface area contributed by atoms with Crippen LogP contribution in [-0.4, -0.2) is 70.1 Å². The lowest BCUT2D eigenvalue weighted by atomic mass is 10.1. The highest BCUT2D eigenvalue weighted by atomic mass is 127. The third-order valence-corrected chi connectivity index (χ3v) is 6.69. The van der Waals surface area contributed by atoms with E-state index in [9.17, 15) is 8.42 Å². The SMILES string of the molecule is CCNC(=NCc1ccc(C)cc1OCCC(C)C)NCCN1CCS(=O)(=O)CC1.I. The zero-order valence-corrected chi connectivity index (χ0v) is 22.5. The number of aliphatic imine (C=N–C) groups is 1. The molecule has 0 bridgehead atoms. The molecular formula is C22H39IN4O3S. The normalized spacial score (nSPS) is 16.6. The Labute approximate surface area is 205 Å². The van der Waals surface area contributed by atoms with Crippen LogP contribution in [-0.2, 0) is 16.4 Å². The summed E-state index contributed by atoms with van der Waals surface area (Å²) in [6.07, 6.45) is 1.03. The van der Waals surface area contributed by atoms with Crippen molar-refractivity contribution in [3.63, 3.8) is 0 Å². The first kappa shape index (κ1) is 28.0. The Bertz CT molecular complexity index is 786. The molecule has 1 aliphatic heterocycles. The van der Waals surface area contributed by atoms with Crippen molar-refractivity contribution in [2.75, 3.05) is 50.8 Å². The van der Waals surface area contributed by atoms with Gasteiger partial charge in [-0.25, -0.2) is 13.4 Å². The van der Waals surface area contributed by atoms with Gasteiger partial charge in [0.25, 0.3) is 0 Å². The van der Waals surface area contributed by atoms with Crippen molar-refractivity contribution < 1.29 is 13.2 Å². The van der Waals surface area contributed by atoms with Crippen molar-refractivity contribution in [3.05, 3.63) is 29.3 Å². The summed E-state index contributed by atoms with van der Waals surface area (Å²) < 4.78 is 29.1. The smallest absolute Gasteiger partial charge is 0.191 e. The molecule has 2 N–H and O–H groups in total. The molecule has 0 spiro atoms. The summed E-state index contributed by atoms with van der Waals surface area (Å²) in [5.74, 6) is 2.80. The highest BCUT2D eigenvalue weighted by molar-refractivity contribution is 14.0. The van der Waals surface area contributed by atoms with Gasteiger partial charge >= 0.3 is 0 Å². The molecular weight excluding hydrogens is 527 g/mol. The Balaban J connectivity index is 0.00000480. The predicted octanol–water partition coefficient (Wildman–Crippen LogP) is 2.82. The van der Waals surface area contributed by atoms with Gasteiger partial charge in [0.05, 0.1) is 24.7 Å². The van der Waals surface area contributed by atoms with Crippen molar-refractivity contribution in [2.24, 2.45) is 10.9 Å². The van der Waals surface area contributed by atoms with Gasteiger partial charge in [0.2, 0.25) is 0 Å². The molecule has 0 aliphatic carbocycles. The Morgan fingerprint density at radius 1 is 1.23 bits per heavy atom. The molecule has 0 radical (unpaired) electrons. The van der Waals surface area contributed by atoms with Crippen LogP contribution in [0.3, 0.4) is 0 Å². The fourth-order valence-electron chi connectivity index (χ4n) is 3.14. The van der Waals surface area contributed by atoms with E-state index in [1.54, 1.807) is 0 Å². The fraction of sp³-hybridized carbons (Fsp3) is 0.682. The van der Waals surface area contributed by atoms with Crippen LogP contribution in [0, 0.1) is 12.8 Å². The third-order valence-electron chi connectivity index (χ3n) is 5.08. The van der Waals surface area contributed by atoms with Gasteiger partial charge in [0.15, 0.2) is 15.8 Å². The zero-order valence-electron chi connectivity index (χ0n) is 19.3. The summed E-state index contributed by atoms with van der Waals surface area (Å²) in [5.41, 5.74) is 2.25. The lowest BCUT2D eigenvalue weighted by molar-refractivity contribution is 0.287. The quantitative estimate of drug-likeness (QED) is 0.258. The number of hydrogen-bond donors (Lipinski definition) is 2. The molecule has 1 aromatic rings. The summed E-state index contributed by atoms with van der Waals surface area (Å²) in [5, 5.41) is 6.63. The number of benzene rings is 1. The van der Waals surface area contributed by atoms with Crippen LogP contribution in [0.4, 0.5) is 0 Å². The summed E-state index contributed by atoms with van der Waals surface area (Å²) in [6.45, 7) is 13.3. The first-order chi connectivity index (χ1) is 14.3. The molecule has 7 nitrogen and oxygen atoms in total. The van der Waals surface area contributed by atoms with E-state index in [2.05, 4.69) is 54.5 Å². The van der Waals surface area contributed by atoms with E-state index in [4.69, 9.17) is 9.73 Å². The zero-order chi connectivity index (χ0) is 22.0. The molecule has 0 saturated carbocycles. The Hall–Kier alpha value is -1.07. The first-order valence-corrected chi connectivity index (χ1v) is 12.8. The monoisotopic (exact) mass is 566 g/mol. The number of nitrogens with zero attached hydrogens (tertiary/aromatic N) is 2. The number of rotatable bonds is 10. The van der Waals surface area contributed by atoms with E-state index >= 15 is 0 Å². The van der Waals surface area contributed by atoms with Gasteiger partial charge < -0.3 is 15.4 Å². The van der Waals surface area contributed by atoms with Crippen molar-refractivity contribution >= 4 is 39.8 Å². The third kappa shape index (κ3) is 10.9. The van der Waals surface area contributed by atoms with Crippen LogP contribution in [0.15, 0.2) is 23.2 Å². The molecule has 0 aromatic heterocycles. The maximum atomic E-state index is 11.5. The summed E-state index contributed by atoms with van der Waals surface area (Å²) in [7, 11) is -2.83. The molecule has 0 amide bonds. The van der Waals surface area contributed by atoms with Crippen molar-refractivity contribution in [1.29, 1.82) is 0 Å². The number of halogens is 1. The minimum absolute atomic E-state index is 0. The standard InChI is InChI=1S/C22H38N4O3S.HI/c1-5-23-22(24-9-10-26-11-14-30(27,28)15-12-26)25-17-20-7-6-19(4)16-21(20)29-13-8-18(2)3;/h6-7,16,18H,5,8-15,17H2,1-4H3,(H2,23,24,25);1H. The number of sulfone groups is 1. The maximum Gasteiger partial charge on any atom is 0.191 e. The molecule has 178 valence electrons. The van der Waals surface area contributed by atoms with Gasteiger partial charge in [-0.05, 0) is 37.8 Å². The number of ether oxygens (including phenoxy) is 1. The summed E-state index contributed by atoms with van der Waals surface area (Å²) >= 11 is 0. The predicted molar refractivity (Wildman–Crippen MR) is 139 cm³/mol. The highest BCUT2D eigenvalue weighted by Crippen LogP contribution is 2.22. The van der Waals surface area contributed by atoms with Crippen molar-refractivity contribution in [3.8, 4) is 5.75 Å². The van der Waals surface area contributed by atoms with E-state index in [1.165, 1.54) is 5.56 Å². The van der Waals surface area contributed by atoms with E-state index < -0.39 is 9.84 Å². The Morgan fingerprint density at radius 3 is 2.58 bits per heavy atom. The second-order valence-electron chi connectivity index (χ2n) is 8.26. The average Bonchev–Trinajstić information content (AvgIpc) is 2.68. The number of nitrogens with one attached hydrogen (secondary N) is 2. The molecule has 1 heterocycles. The van der Waals surface area contributed by atoms with E-state index in [-0.39, 0.29) is 35.5 Å². The maximum absolute atomic E-state index is 11.5. The summed E-state index contributed by atoms with van der Waals surface area (Å²) in [4.78, 5) is 6.90. The minimum atomic E-state index is -2.83. The van der Waals surface area contributed by atoms with Gasteiger partial charge in [-0.2, -0.15) is 0 Å².